The van der Waals surface area contributed by atoms with Crippen LogP contribution in [0.25, 0.3) is 0 Å². The Kier molecular flexibility index (Phi) is 5.00. The van der Waals surface area contributed by atoms with Gasteiger partial charge in [-0.3, -0.25) is 3.11 Å². The van der Waals surface area contributed by atoms with Crippen molar-refractivity contribution in [2.24, 2.45) is 3.21 Å². The van der Waals surface area contributed by atoms with E-state index in [9.17, 15) is 0 Å². The van der Waals surface area contributed by atoms with Crippen LogP contribution in [0.5, 0.6) is 0 Å². The molecule has 0 fully saturated rings. The molecule has 0 unspecified atom stereocenters. The minimum atomic E-state index is 0.956. The third-order valence-electron chi connectivity index (χ3n) is 1.62. The Hall–Kier alpha value is 0.150. The minimum Gasteiger partial charge on any atom is -0.299 e. The largest absolute Gasteiger partial charge is 0.299 e. The van der Waals surface area contributed by atoms with E-state index in [0.29, 0.717) is 0 Å². The maximum absolute atomic E-state index is 4.23. The van der Waals surface area contributed by atoms with Crippen molar-refractivity contribution < 1.29 is 0 Å². The number of amidine groups is 1. The summed E-state index contributed by atoms with van der Waals surface area (Å²) < 4.78 is 6.33. The summed E-state index contributed by atoms with van der Waals surface area (Å²) in [5, 5.41) is 0. The van der Waals surface area contributed by atoms with Crippen LogP contribution in [-0.4, -0.2) is 15.5 Å². The molecule has 13 heavy (non-hydrogen) atoms. The predicted molar refractivity (Wildman–Crippen MR) is 73.4 cm³/mol. The standard InChI is InChI=1S/C9H10I2N2/c1-2-13(11)9(12-10)8-6-4-3-5-7-8/h3-7H,2H2,1H3. The summed E-state index contributed by atoms with van der Waals surface area (Å²) in [7, 11) is 0. The Labute approximate surface area is 106 Å². The molecule has 0 spiro atoms. The molecule has 0 aliphatic rings. The van der Waals surface area contributed by atoms with E-state index in [1.165, 1.54) is 0 Å². The quantitative estimate of drug-likeness (QED) is 0.322. The van der Waals surface area contributed by atoms with Crippen molar-refractivity contribution in [2.45, 2.75) is 6.92 Å². The van der Waals surface area contributed by atoms with Gasteiger partial charge in [0.2, 0.25) is 0 Å². The van der Waals surface area contributed by atoms with E-state index in [1.54, 1.807) is 0 Å². The summed E-state index contributed by atoms with van der Waals surface area (Å²) in [6, 6.07) is 10.2. The Morgan fingerprint density at radius 3 is 2.46 bits per heavy atom. The molecule has 0 aliphatic heterocycles. The zero-order valence-electron chi connectivity index (χ0n) is 7.24. The highest BCUT2D eigenvalue weighted by molar-refractivity contribution is 14.1. The van der Waals surface area contributed by atoms with Crippen molar-refractivity contribution in [2.75, 3.05) is 6.54 Å². The molecule has 0 bridgehead atoms. The van der Waals surface area contributed by atoms with Gasteiger partial charge >= 0.3 is 0 Å². The van der Waals surface area contributed by atoms with Crippen LogP contribution in [0.1, 0.15) is 12.5 Å². The van der Waals surface area contributed by atoms with Crippen molar-refractivity contribution in [3.05, 3.63) is 35.9 Å². The Bertz CT molecular complexity index is 285. The van der Waals surface area contributed by atoms with Gasteiger partial charge in [-0.1, -0.05) is 30.3 Å². The van der Waals surface area contributed by atoms with E-state index < -0.39 is 0 Å². The van der Waals surface area contributed by atoms with Crippen LogP contribution in [-0.2, 0) is 0 Å². The fraction of sp³-hybridized carbons (Fsp3) is 0.222. The van der Waals surface area contributed by atoms with Crippen LogP contribution in [0.15, 0.2) is 33.5 Å². The molecule has 0 amide bonds. The minimum absolute atomic E-state index is 0.956. The van der Waals surface area contributed by atoms with E-state index in [-0.39, 0.29) is 0 Å². The van der Waals surface area contributed by atoms with Gasteiger partial charge in [0.1, 0.15) is 0 Å². The van der Waals surface area contributed by atoms with E-state index in [0.717, 1.165) is 17.9 Å². The first-order valence-corrected chi connectivity index (χ1v) is 5.90. The SMILES string of the molecule is CCN(I)C(=NI)c1ccccc1. The van der Waals surface area contributed by atoms with Crippen LogP contribution in [0.4, 0.5) is 0 Å². The first-order valence-electron chi connectivity index (χ1n) is 3.97. The van der Waals surface area contributed by atoms with Crippen molar-refractivity contribution in [1.82, 2.24) is 3.11 Å². The molecule has 2 nitrogen and oxygen atoms in total. The van der Waals surface area contributed by atoms with Crippen LogP contribution >= 0.6 is 45.7 Å². The second kappa shape index (κ2) is 5.79. The molecular weight excluding hydrogens is 390 g/mol. The number of nitrogens with zero attached hydrogens (tertiary/aromatic N) is 2. The Balaban J connectivity index is 2.93. The zero-order chi connectivity index (χ0) is 9.68. The van der Waals surface area contributed by atoms with Gasteiger partial charge in [-0.15, -0.1) is 0 Å². The molecule has 0 atom stereocenters. The first kappa shape index (κ1) is 11.2. The number of hydrogen-bond donors (Lipinski definition) is 0. The van der Waals surface area contributed by atoms with Crippen molar-refractivity contribution >= 4 is 51.6 Å². The van der Waals surface area contributed by atoms with E-state index in [4.69, 9.17) is 0 Å². The number of rotatable bonds is 2. The van der Waals surface area contributed by atoms with E-state index in [2.05, 4.69) is 48.2 Å². The van der Waals surface area contributed by atoms with Gasteiger partial charge in [0.05, 0.1) is 45.7 Å². The number of halogens is 2. The number of benzene rings is 1. The maximum Gasteiger partial charge on any atom is 0.150 e. The lowest BCUT2D eigenvalue weighted by Gasteiger charge is -2.15. The van der Waals surface area contributed by atoms with Gasteiger partial charge in [-0.05, 0) is 6.92 Å². The van der Waals surface area contributed by atoms with Crippen LogP contribution in [0, 0.1) is 0 Å². The summed E-state index contributed by atoms with van der Waals surface area (Å²) in [4.78, 5) is 0. The Morgan fingerprint density at radius 2 is 2.00 bits per heavy atom. The lowest BCUT2D eigenvalue weighted by molar-refractivity contribution is 0.767. The van der Waals surface area contributed by atoms with Gasteiger partial charge in [-0.2, -0.15) is 3.21 Å². The fourth-order valence-electron chi connectivity index (χ4n) is 0.967. The average Bonchev–Trinajstić information content (AvgIpc) is 2.20. The average molecular weight is 400 g/mol. The molecule has 0 N–H and O–H groups in total. The first-order chi connectivity index (χ1) is 6.29. The van der Waals surface area contributed by atoms with Gasteiger partial charge in [-0.25, -0.2) is 0 Å². The Morgan fingerprint density at radius 1 is 1.38 bits per heavy atom. The molecule has 0 heterocycles. The van der Waals surface area contributed by atoms with Gasteiger partial charge < -0.3 is 0 Å². The second-order valence-electron chi connectivity index (χ2n) is 2.45. The third-order valence-corrected chi connectivity index (χ3v) is 3.22. The fourth-order valence-corrected chi connectivity index (χ4v) is 2.31. The molecule has 0 saturated carbocycles. The highest BCUT2D eigenvalue weighted by Crippen LogP contribution is 2.11. The maximum atomic E-state index is 4.23. The molecule has 1 rings (SSSR count). The van der Waals surface area contributed by atoms with Crippen molar-refractivity contribution in [1.29, 1.82) is 0 Å². The summed E-state index contributed by atoms with van der Waals surface area (Å²) >= 11 is 4.30. The second-order valence-corrected chi connectivity index (χ2v) is 4.10. The number of hydrogen-bond acceptors (Lipinski definition) is 1. The summed E-state index contributed by atoms with van der Waals surface area (Å²) in [5.41, 5.74) is 1.16. The van der Waals surface area contributed by atoms with Gasteiger partial charge in [0, 0.05) is 12.1 Å². The van der Waals surface area contributed by atoms with Crippen LogP contribution < -0.4 is 0 Å². The van der Waals surface area contributed by atoms with E-state index in [1.807, 2.05) is 41.1 Å². The molecule has 1 aromatic rings. The summed E-state index contributed by atoms with van der Waals surface area (Å²) in [6.07, 6.45) is 0. The van der Waals surface area contributed by atoms with Crippen molar-refractivity contribution in [3.8, 4) is 0 Å². The highest BCUT2D eigenvalue weighted by atomic mass is 127. The van der Waals surface area contributed by atoms with Crippen LogP contribution in [0.2, 0.25) is 0 Å². The molecule has 0 saturated heterocycles. The summed E-state index contributed by atoms with van der Waals surface area (Å²) in [5.74, 6) is 1.02. The summed E-state index contributed by atoms with van der Waals surface area (Å²) in [6.45, 7) is 3.06. The molecule has 1 aromatic carbocycles. The lowest BCUT2D eigenvalue weighted by Crippen LogP contribution is -2.20. The monoisotopic (exact) mass is 400 g/mol. The predicted octanol–water partition coefficient (Wildman–Crippen LogP) is 3.46. The highest BCUT2D eigenvalue weighted by Gasteiger charge is 2.07. The van der Waals surface area contributed by atoms with Crippen LogP contribution in [0.3, 0.4) is 0 Å². The van der Waals surface area contributed by atoms with E-state index >= 15 is 0 Å². The zero-order valence-corrected chi connectivity index (χ0v) is 11.6. The normalized spacial score (nSPS) is 11.5. The topological polar surface area (TPSA) is 15.6 Å². The lowest BCUT2D eigenvalue weighted by atomic mass is 10.2. The molecular formula is C9H10I2N2. The van der Waals surface area contributed by atoms with Gasteiger partial charge in [0.25, 0.3) is 0 Å². The molecule has 0 radical (unpaired) electrons. The third kappa shape index (κ3) is 3.08. The molecule has 0 aliphatic carbocycles. The molecule has 0 aromatic heterocycles. The van der Waals surface area contributed by atoms with Gasteiger partial charge in [0.15, 0.2) is 5.84 Å². The van der Waals surface area contributed by atoms with Crippen molar-refractivity contribution in [3.63, 3.8) is 0 Å². The molecule has 4 heteroatoms. The molecule has 70 valence electrons. The smallest absolute Gasteiger partial charge is 0.150 e.